The fourth-order valence-electron chi connectivity index (χ4n) is 3.97. The van der Waals surface area contributed by atoms with Gasteiger partial charge in [0, 0.05) is 43.3 Å². The van der Waals surface area contributed by atoms with Crippen LogP contribution in [-0.4, -0.2) is 36.1 Å². The Kier molecular flexibility index (Phi) is 4.48. The summed E-state index contributed by atoms with van der Waals surface area (Å²) in [5, 5.41) is 0.961. The summed E-state index contributed by atoms with van der Waals surface area (Å²) in [7, 11) is 0. The fourth-order valence-corrected chi connectivity index (χ4v) is 3.97. The van der Waals surface area contributed by atoms with Gasteiger partial charge in [0.25, 0.3) is 0 Å². The zero-order chi connectivity index (χ0) is 19.6. The van der Waals surface area contributed by atoms with E-state index >= 15 is 0 Å². The van der Waals surface area contributed by atoms with Gasteiger partial charge in [-0.3, -0.25) is 4.79 Å². The molecule has 29 heavy (non-hydrogen) atoms. The van der Waals surface area contributed by atoms with Crippen molar-refractivity contribution < 1.29 is 0 Å². The first-order valence-electron chi connectivity index (χ1n) is 9.92. The minimum atomic E-state index is -0.130. The highest BCUT2D eigenvalue weighted by Gasteiger charge is 2.20. The normalized spacial score (nSPS) is 14.3. The third kappa shape index (κ3) is 3.47. The van der Waals surface area contributed by atoms with E-state index in [0.717, 1.165) is 48.5 Å². The van der Waals surface area contributed by atoms with E-state index in [0.29, 0.717) is 5.65 Å². The number of fused-ring (bicyclic) bond motifs is 1. The lowest BCUT2D eigenvalue weighted by atomic mass is 10.0. The van der Waals surface area contributed by atoms with Crippen molar-refractivity contribution in [2.75, 3.05) is 36.0 Å². The summed E-state index contributed by atoms with van der Waals surface area (Å²) in [6.45, 7) is 3.66. The number of hydrogen-bond donors (Lipinski definition) is 1. The predicted molar refractivity (Wildman–Crippen MR) is 119 cm³/mol. The van der Waals surface area contributed by atoms with Gasteiger partial charge in [-0.1, -0.05) is 48.5 Å². The SMILES string of the molecule is O=c1ccc2c(-c3ccccc3)cc(N3CCN(c4ccccc4)CC3)nc2[nH]1. The second-order valence-electron chi connectivity index (χ2n) is 7.29. The number of nitrogens with zero attached hydrogens (tertiary/aromatic N) is 3. The third-order valence-electron chi connectivity index (χ3n) is 5.50. The zero-order valence-electron chi connectivity index (χ0n) is 16.1. The van der Waals surface area contributed by atoms with E-state index in [2.05, 4.69) is 57.2 Å². The molecule has 0 unspecified atom stereocenters. The number of pyridine rings is 2. The van der Waals surface area contributed by atoms with Crippen LogP contribution in [0.2, 0.25) is 0 Å². The van der Waals surface area contributed by atoms with E-state index < -0.39 is 0 Å². The van der Waals surface area contributed by atoms with Crippen LogP contribution in [0, 0.1) is 0 Å². The molecule has 1 fully saturated rings. The minimum Gasteiger partial charge on any atom is -0.368 e. The monoisotopic (exact) mass is 382 g/mol. The molecule has 0 aliphatic carbocycles. The van der Waals surface area contributed by atoms with E-state index in [-0.39, 0.29) is 5.56 Å². The van der Waals surface area contributed by atoms with Crippen molar-refractivity contribution in [1.82, 2.24) is 9.97 Å². The lowest BCUT2D eigenvalue weighted by Gasteiger charge is -2.37. The molecule has 1 saturated heterocycles. The first-order valence-corrected chi connectivity index (χ1v) is 9.92. The van der Waals surface area contributed by atoms with Gasteiger partial charge < -0.3 is 14.8 Å². The van der Waals surface area contributed by atoms with Crippen molar-refractivity contribution in [3.8, 4) is 11.1 Å². The van der Waals surface area contributed by atoms with Crippen LogP contribution in [0.3, 0.4) is 0 Å². The van der Waals surface area contributed by atoms with Crippen molar-refractivity contribution in [2.45, 2.75) is 0 Å². The maximum Gasteiger partial charge on any atom is 0.249 e. The Bertz CT molecular complexity index is 1180. The highest BCUT2D eigenvalue weighted by atomic mass is 16.1. The molecule has 5 heteroatoms. The molecule has 0 amide bonds. The van der Waals surface area contributed by atoms with Crippen LogP contribution in [0.15, 0.2) is 83.7 Å². The van der Waals surface area contributed by atoms with Crippen LogP contribution in [-0.2, 0) is 0 Å². The molecule has 0 spiro atoms. The van der Waals surface area contributed by atoms with Crippen LogP contribution < -0.4 is 15.4 Å². The Morgan fingerprint density at radius 3 is 2.14 bits per heavy atom. The highest BCUT2D eigenvalue weighted by molar-refractivity contribution is 5.94. The van der Waals surface area contributed by atoms with Gasteiger partial charge in [-0.05, 0) is 35.4 Å². The number of aromatic amines is 1. The van der Waals surface area contributed by atoms with Gasteiger partial charge in [-0.15, -0.1) is 0 Å². The van der Waals surface area contributed by atoms with Crippen LogP contribution in [0.25, 0.3) is 22.2 Å². The van der Waals surface area contributed by atoms with E-state index in [1.54, 1.807) is 6.07 Å². The molecule has 5 nitrogen and oxygen atoms in total. The number of rotatable bonds is 3. The Morgan fingerprint density at radius 1 is 0.759 bits per heavy atom. The number of nitrogens with one attached hydrogen (secondary N) is 1. The van der Waals surface area contributed by atoms with Gasteiger partial charge >= 0.3 is 0 Å². The molecule has 0 radical (unpaired) electrons. The van der Waals surface area contributed by atoms with Gasteiger partial charge in [0.05, 0.1) is 0 Å². The summed E-state index contributed by atoms with van der Waals surface area (Å²) in [4.78, 5) is 24.3. The molecular weight excluding hydrogens is 360 g/mol. The van der Waals surface area contributed by atoms with Gasteiger partial charge in [-0.25, -0.2) is 4.98 Å². The molecule has 2 aromatic heterocycles. The topological polar surface area (TPSA) is 52.2 Å². The number of para-hydroxylation sites is 1. The van der Waals surface area contributed by atoms with E-state index in [1.807, 2.05) is 30.3 Å². The molecular formula is C24H22N4O. The number of H-pyrrole nitrogens is 1. The molecule has 4 aromatic rings. The van der Waals surface area contributed by atoms with Gasteiger partial charge in [0.1, 0.15) is 11.5 Å². The average molecular weight is 382 g/mol. The Labute approximate surface area is 169 Å². The van der Waals surface area contributed by atoms with E-state index in [4.69, 9.17) is 4.98 Å². The standard InChI is InChI=1S/C24H22N4O/c29-23-12-11-20-21(18-7-3-1-4-8-18)17-22(25-24(20)26-23)28-15-13-27(14-16-28)19-9-5-2-6-10-19/h1-12,17H,13-16H2,(H,25,26,29). The van der Waals surface area contributed by atoms with Crippen LogP contribution >= 0.6 is 0 Å². The molecule has 1 aliphatic rings. The summed E-state index contributed by atoms with van der Waals surface area (Å²) in [5.41, 5.74) is 3.98. The largest absolute Gasteiger partial charge is 0.368 e. The van der Waals surface area contributed by atoms with Crippen molar-refractivity contribution in [2.24, 2.45) is 0 Å². The van der Waals surface area contributed by atoms with Gasteiger partial charge in [0.15, 0.2) is 0 Å². The highest BCUT2D eigenvalue weighted by Crippen LogP contribution is 2.30. The number of anilines is 2. The first-order chi connectivity index (χ1) is 14.3. The molecule has 3 heterocycles. The molecule has 0 bridgehead atoms. The third-order valence-corrected chi connectivity index (χ3v) is 5.50. The summed E-state index contributed by atoms with van der Waals surface area (Å²) >= 11 is 0. The van der Waals surface area contributed by atoms with Crippen LogP contribution in [0.4, 0.5) is 11.5 Å². The predicted octanol–water partition coefficient (Wildman–Crippen LogP) is 3.92. The van der Waals surface area contributed by atoms with E-state index in [1.165, 1.54) is 5.69 Å². The molecule has 0 atom stereocenters. The second-order valence-corrected chi connectivity index (χ2v) is 7.29. The van der Waals surface area contributed by atoms with Crippen molar-refractivity contribution in [3.63, 3.8) is 0 Å². The van der Waals surface area contributed by atoms with Crippen molar-refractivity contribution in [1.29, 1.82) is 0 Å². The summed E-state index contributed by atoms with van der Waals surface area (Å²) in [6, 6.07) is 26.4. The number of hydrogen-bond acceptors (Lipinski definition) is 4. The van der Waals surface area contributed by atoms with Crippen molar-refractivity contribution in [3.05, 3.63) is 89.2 Å². The van der Waals surface area contributed by atoms with E-state index in [9.17, 15) is 4.79 Å². The number of piperazine rings is 1. The lowest BCUT2D eigenvalue weighted by molar-refractivity contribution is 0.648. The molecule has 144 valence electrons. The second kappa shape index (κ2) is 7.43. The van der Waals surface area contributed by atoms with Crippen LogP contribution in [0.1, 0.15) is 0 Å². The summed E-state index contributed by atoms with van der Waals surface area (Å²) < 4.78 is 0. The van der Waals surface area contributed by atoms with Gasteiger partial charge in [-0.2, -0.15) is 0 Å². The number of aromatic nitrogens is 2. The molecule has 5 rings (SSSR count). The quantitative estimate of drug-likeness (QED) is 0.584. The Hall–Kier alpha value is -3.60. The summed E-state index contributed by atoms with van der Waals surface area (Å²) in [5.74, 6) is 0.908. The molecule has 1 N–H and O–H groups in total. The smallest absolute Gasteiger partial charge is 0.249 e. The summed E-state index contributed by atoms with van der Waals surface area (Å²) in [6.07, 6.45) is 0. The number of benzene rings is 2. The Morgan fingerprint density at radius 2 is 1.41 bits per heavy atom. The Balaban J connectivity index is 1.50. The molecule has 1 aliphatic heterocycles. The first kappa shape index (κ1) is 17.5. The van der Waals surface area contributed by atoms with Crippen molar-refractivity contribution >= 4 is 22.5 Å². The van der Waals surface area contributed by atoms with Crippen LogP contribution in [0.5, 0.6) is 0 Å². The van der Waals surface area contributed by atoms with Gasteiger partial charge in [0.2, 0.25) is 5.56 Å². The maximum atomic E-state index is 11.9. The fraction of sp³-hybridized carbons (Fsp3) is 0.167. The molecule has 2 aromatic carbocycles. The maximum absolute atomic E-state index is 11.9. The minimum absolute atomic E-state index is 0.130. The zero-order valence-corrected chi connectivity index (χ0v) is 16.1. The lowest BCUT2D eigenvalue weighted by Crippen LogP contribution is -2.46. The average Bonchev–Trinajstić information content (AvgIpc) is 2.79. The molecule has 0 saturated carbocycles.